The molecule has 1 heterocycles. The van der Waals surface area contributed by atoms with Crippen LogP contribution in [0.15, 0.2) is 12.2 Å². The molecule has 0 saturated carbocycles. The maximum atomic E-state index is 13.1. The van der Waals surface area contributed by atoms with Crippen molar-refractivity contribution in [1.29, 1.82) is 0 Å². The van der Waals surface area contributed by atoms with Crippen molar-refractivity contribution in [3.63, 3.8) is 0 Å². The molecule has 61 heavy (non-hydrogen) atoms. The first-order valence-electron chi connectivity index (χ1n) is 25.6. The molecule has 0 aromatic rings. The Kier molecular flexibility index (Phi) is 38.3. The summed E-state index contributed by atoms with van der Waals surface area (Å²) in [5.74, 6) is -0.703. The minimum atomic E-state index is -1.66. The molecule has 1 aliphatic rings. The van der Waals surface area contributed by atoms with Crippen molar-refractivity contribution in [2.45, 2.75) is 287 Å². The molecule has 0 aromatic carbocycles. The predicted octanol–water partition coefficient (Wildman–Crippen LogP) is 9.23. The molecule has 9 atom stereocenters. The van der Waals surface area contributed by atoms with Gasteiger partial charge in [-0.1, -0.05) is 206 Å². The SMILES string of the molecule is CCCCCCCCCCCCCCCC/C=C/CCCC(O)C(O)C(COC1OC(CO)C(O)C(O)C1O)NC(=O)C(O)CCCCCCCCCCCCCCCCC. The largest absolute Gasteiger partial charge is 0.394 e. The van der Waals surface area contributed by atoms with E-state index in [2.05, 4.69) is 31.3 Å². The molecule has 0 radical (unpaired) electrons. The van der Waals surface area contributed by atoms with Gasteiger partial charge in [-0.25, -0.2) is 0 Å². The lowest BCUT2D eigenvalue weighted by atomic mass is 9.98. The molecule has 1 fully saturated rings. The van der Waals surface area contributed by atoms with E-state index in [1.807, 2.05) is 0 Å². The summed E-state index contributed by atoms with van der Waals surface area (Å²) in [5, 5.41) is 75.8. The van der Waals surface area contributed by atoms with E-state index in [9.17, 15) is 40.5 Å². The number of unbranched alkanes of at least 4 members (excludes halogenated alkanes) is 29. The number of ether oxygens (including phenoxy) is 2. The Morgan fingerprint density at radius 2 is 0.967 bits per heavy atom. The van der Waals surface area contributed by atoms with Crippen LogP contribution in [0.5, 0.6) is 0 Å². The molecule has 11 heteroatoms. The summed E-state index contributed by atoms with van der Waals surface area (Å²) in [6.07, 6.45) is 32.6. The number of hydrogen-bond acceptors (Lipinski definition) is 10. The zero-order valence-electron chi connectivity index (χ0n) is 39.2. The molecule has 1 saturated heterocycles. The number of rotatable bonds is 43. The summed E-state index contributed by atoms with van der Waals surface area (Å²) >= 11 is 0. The zero-order chi connectivity index (χ0) is 44.8. The number of aliphatic hydroxyl groups is 7. The van der Waals surface area contributed by atoms with E-state index < -0.39 is 74.2 Å². The van der Waals surface area contributed by atoms with Crippen molar-refractivity contribution in [3.8, 4) is 0 Å². The molecule has 11 nitrogen and oxygen atoms in total. The molecular weight excluding hydrogens is 775 g/mol. The summed E-state index contributed by atoms with van der Waals surface area (Å²) in [4.78, 5) is 13.1. The van der Waals surface area contributed by atoms with Crippen LogP contribution in [-0.4, -0.2) is 110 Å². The normalized spacial score (nSPS) is 21.5. The number of carbonyl (C=O) groups is 1. The summed E-state index contributed by atoms with van der Waals surface area (Å²) in [7, 11) is 0. The third kappa shape index (κ3) is 29.8. The number of nitrogens with one attached hydrogen (secondary N) is 1. The van der Waals surface area contributed by atoms with Gasteiger partial charge in [0.05, 0.1) is 25.4 Å². The second-order valence-electron chi connectivity index (χ2n) is 18.2. The Morgan fingerprint density at radius 3 is 1.41 bits per heavy atom. The van der Waals surface area contributed by atoms with Gasteiger partial charge in [0.1, 0.15) is 36.6 Å². The molecule has 1 rings (SSSR count). The molecule has 362 valence electrons. The summed E-state index contributed by atoms with van der Waals surface area (Å²) < 4.78 is 11.1. The quantitative estimate of drug-likeness (QED) is 0.0217. The van der Waals surface area contributed by atoms with Crippen LogP contribution in [0.25, 0.3) is 0 Å². The third-order valence-electron chi connectivity index (χ3n) is 12.6. The van der Waals surface area contributed by atoms with E-state index in [0.29, 0.717) is 12.8 Å². The Balaban J connectivity index is 2.41. The van der Waals surface area contributed by atoms with Crippen LogP contribution in [0.3, 0.4) is 0 Å². The van der Waals surface area contributed by atoms with Gasteiger partial charge in [-0.2, -0.15) is 0 Å². The van der Waals surface area contributed by atoms with E-state index in [-0.39, 0.29) is 12.8 Å². The number of allylic oxidation sites excluding steroid dienone is 2. The topological polar surface area (TPSA) is 189 Å². The van der Waals surface area contributed by atoms with E-state index in [1.165, 1.54) is 154 Å². The van der Waals surface area contributed by atoms with Gasteiger partial charge in [0.15, 0.2) is 6.29 Å². The Bertz CT molecular complexity index is 1000. The standard InChI is InChI=1S/C50H97NO10/c1-3-5-7-9-11-13-15-17-19-20-21-22-24-25-27-29-31-33-35-37-42(53)45(55)41(40-60-50-48(58)47(57)46(56)44(39-52)61-50)51-49(59)43(54)38-36-34-32-30-28-26-23-18-16-14-12-10-8-6-4-2/h29,31,41-48,50,52-58H,3-28,30,32-40H2,1-2H3,(H,51,59)/b31-29+. The number of aliphatic hydroxyl groups excluding tert-OH is 7. The molecule has 1 amide bonds. The summed E-state index contributed by atoms with van der Waals surface area (Å²) in [6, 6.07) is -1.18. The van der Waals surface area contributed by atoms with Crippen LogP contribution in [-0.2, 0) is 14.3 Å². The Hall–Kier alpha value is -1.15. The fourth-order valence-corrected chi connectivity index (χ4v) is 8.32. The molecule has 8 N–H and O–H groups in total. The lowest BCUT2D eigenvalue weighted by molar-refractivity contribution is -0.303. The molecule has 0 bridgehead atoms. The first kappa shape index (κ1) is 57.9. The van der Waals surface area contributed by atoms with E-state index in [4.69, 9.17) is 9.47 Å². The Morgan fingerprint density at radius 1 is 0.557 bits per heavy atom. The van der Waals surface area contributed by atoms with Gasteiger partial charge in [0.25, 0.3) is 0 Å². The van der Waals surface area contributed by atoms with Crippen molar-refractivity contribution in [2.24, 2.45) is 0 Å². The number of amides is 1. The van der Waals surface area contributed by atoms with Crippen molar-refractivity contribution in [1.82, 2.24) is 5.32 Å². The summed E-state index contributed by atoms with van der Waals surface area (Å²) in [5.41, 5.74) is 0. The Labute approximate surface area is 372 Å². The van der Waals surface area contributed by atoms with Crippen molar-refractivity contribution >= 4 is 5.91 Å². The van der Waals surface area contributed by atoms with E-state index >= 15 is 0 Å². The molecule has 0 aliphatic carbocycles. The average Bonchev–Trinajstić information content (AvgIpc) is 3.26. The van der Waals surface area contributed by atoms with Crippen molar-refractivity contribution in [2.75, 3.05) is 13.2 Å². The number of hydrogen-bond donors (Lipinski definition) is 8. The van der Waals surface area contributed by atoms with Gasteiger partial charge in [-0.05, 0) is 38.5 Å². The monoisotopic (exact) mass is 872 g/mol. The second-order valence-corrected chi connectivity index (χ2v) is 18.2. The average molecular weight is 872 g/mol. The van der Waals surface area contributed by atoms with Crippen LogP contribution < -0.4 is 5.32 Å². The van der Waals surface area contributed by atoms with Gasteiger partial charge >= 0.3 is 0 Å². The molecule has 0 aromatic heterocycles. The summed E-state index contributed by atoms with van der Waals surface area (Å²) in [6.45, 7) is 3.45. The lowest BCUT2D eigenvalue weighted by Crippen LogP contribution is -2.60. The van der Waals surface area contributed by atoms with E-state index in [0.717, 1.165) is 38.5 Å². The highest BCUT2D eigenvalue weighted by molar-refractivity contribution is 5.80. The van der Waals surface area contributed by atoms with Gasteiger partial charge < -0.3 is 50.5 Å². The predicted molar refractivity (Wildman–Crippen MR) is 247 cm³/mol. The maximum absolute atomic E-state index is 13.1. The maximum Gasteiger partial charge on any atom is 0.249 e. The molecular formula is C50H97NO10. The van der Waals surface area contributed by atoms with Gasteiger partial charge in [0, 0.05) is 0 Å². The molecule has 1 aliphatic heterocycles. The zero-order valence-corrected chi connectivity index (χ0v) is 39.2. The van der Waals surface area contributed by atoms with Crippen molar-refractivity contribution in [3.05, 3.63) is 12.2 Å². The second kappa shape index (κ2) is 40.4. The van der Waals surface area contributed by atoms with E-state index in [1.54, 1.807) is 0 Å². The van der Waals surface area contributed by atoms with Crippen LogP contribution in [0.2, 0.25) is 0 Å². The van der Waals surface area contributed by atoms with Crippen LogP contribution in [0.1, 0.15) is 232 Å². The highest BCUT2D eigenvalue weighted by Gasteiger charge is 2.44. The third-order valence-corrected chi connectivity index (χ3v) is 12.6. The number of carbonyl (C=O) groups excluding carboxylic acids is 1. The molecule has 9 unspecified atom stereocenters. The highest BCUT2D eigenvalue weighted by atomic mass is 16.7. The van der Waals surface area contributed by atoms with Gasteiger partial charge in [0.2, 0.25) is 5.91 Å². The minimum Gasteiger partial charge on any atom is -0.394 e. The fourth-order valence-electron chi connectivity index (χ4n) is 8.32. The highest BCUT2D eigenvalue weighted by Crippen LogP contribution is 2.23. The van der Waals surface area contributed by atoms with Gasteiger partial charge in [-0.3, -0.25) is 4.79 Å². The van der Waals surface area contributed by atoms with Crippen molar-refractivity contribution < 1.29 is 50.0 Å². The lowest BCUT2D eigenvalue weighted by Gasteiger charge is -2.40. The smallest absolute Gasteiger partial charge is 0.249 e. The first-order valence-corrected chi connectivity index (χ1v) is 25.6. The van der Waals surface area contributed by atoms with Gasteiger partial charge in [-0.15, -0.1) is 0 Å². The van der Waals surface area contributed by atoms with Crippen LogP contribution in [0.4, 0.5) is 0 Å². The van der Waals surface area contributed by atoms with Crippen LogP contribution >= 0.6 is 0 Å². The molecule has 0 spiro atoms. The minimum absolute atomic E-state index is 0.259. The van der Waals surface area contributed by atoms with Crippen LogP contribution in [0, 0.1) is 0 Å². The first-order chi connectivity index (χ1) is 29.7. The fraction of sp³-hybridized carbons (Fsp3) is 0.940.